The molecular weight excluding hydrogens is 285 g/mol. The quantitative estimate of drug-likeness (QED) is 0.320. The monoisotopic (exact) mass is 287 g/mol. The molecule has 1 N–H and O–H groups in total. The zero-order valence-corrected chi connectivity index (χ0v) is 12.5. The Morgan fingerprint density at radius 3 is 1.71 bits per heavy atom. The average Bonchev–Trinajstić information content (AvgIpc) is 3.10. The fraction of sp³-hybridized carbons (Fsp3) is 0. The molecule has 16 radical (unpaired) electrons. The van der Waals surface area contributed by atoms with Gasteiger partial charge >= 0.3 is 0 Å². The minimum absolute atomic E-state index is 0.172. The van der Waals surface area contributed by atoms with Gasteiger partial charge in [-0.2, -0.15) is 0 Å². The second kappa shape index (κ2) is 4.87. The summed E-state index contributed by atoms with van der Waals surface area (Å²) >= 11 is 0. The lowest BCUT2D eigenvalue weighted by Gasteiger charge is -2.15. The molecule has 2 aromatic carbocycles. The van der Waals surface area contributed by atoms with Gasteiger partial charge in [-0.25, -0.2) is 4.98 Å². The number of aromatic nitrogens is 3. The molecule has 0 aliphatic heterocycles. The number of hydrogen-bond acceptors (Lipinski definition) is 1. The number of rotatable bonds is 0. The Morgan fingerprint density at radius 2 is 1.08 bits per heavy atom. The molecule has 24 heavy (non-hydrogen) atoms. The number of aromatic amines is 1. The molecule has 0 fully saturated rings. The molecule has 0 amide bonds. The van der Waals surface area contributed by atoms with E-state index in [-0.39, 0.29) is 43.7 Å². The second-order valence-corrected chi connectivity index (χ2v) is 5.63. The Kier molecular flexibility index (Phi) is 3.19. The first kappa shape index (κ1) is 15.7. The van der Waals surface area contributed by atoms with Crippen LogP contribution in [-0.2, 0) is 0 Å². The van der Waals surface area contributed by atoms with E-state index in [1.54, 1.807) is 4.40 Å². The van der Waals surface area contributed by atoms with Gasteiger partial charge in [0.25, 0.3) is 0 Å². The van der Waals surface area contributed by atoms with Gasteiger partial charge in [0.15, 0.2) is 0 Å². The van der Waals surface area contributed by atoms with Crippen LogP contribution in [0, 0.1) is 0 Å². The molecule has 3 nitrogen and oxygen atoms in total. The van der Waals surface area contributed by atoms with E-state index in [0.29, 0.717) is 27.8 Å². The fourth-order valence-electron chi connectivity index (χ4n) is 2.99. The Hall–Kier alpha value is -1.77. The predicted molar refractivity (Wildman–Crippen MR) is 108 cm³/mol. The van der Waals surface area contributed by atoms with Crippen molar-refractivity contribution in [3.63, 3.8) is 0 Å². The summed E-state index contributed by atoms with van der Waals surface area (Å²) in [4.78, 5) is 7.49. The lowest BCUT2D eigenvalue weighted by Crippen LogP contribution is -2.49. The van der Waals surface area contributed by atoms with E-state index in [9.17, 15) is 0 Å². The largest absolute Gasteiger partial charge is 0.324 e. The Bertz CT molecular complexity index is 1100. The average molecular weight is 286 g/mol. The third-order valence-electron chi connectivity index (χ3n) is 4.35. The molecule has 0 unspecified atom stereocenters. The highest BCUT2D eigenvalue weighted by Crippen LogP contribution is 2.17. The summed E-state index contributed by atoms with van der Waals surface area (Å²) in [6, 6.07) is 0. The zero-order chi connectivity index (χ0) is 17.5. The molecule has 0 saturated heterocycles. The normalized spacial score (nSPS) is 11.8. The van der Waals surface area contributed by atoms with Gasteiger partial charge in [-0.1, -0.05) is 21.9 Å². The molecular formula is C13HB8N3. The topological polar surface area (TPSA) is 33.1 Å². The van der Waals surface area contributed by atoms with Gasteiger partial charge in [0.2, 0.25) is 5.78 Å². The minimum Gasteiger partial charge on any atom is -0.324 e. The van der Waals surface area contributed by atoms with Crippen molar-refractivity contribution in [2.24, 2.45) is 0 Å². The van der Waals surface area contributed by atoms with E-state index >= 15 is 0 Å². The molecule has 0 atom stereocenters. The Labute approximate surface area is 149 Å². The number of nitrogens with zero attached hydrogens (tertiary/aromatic N) is 2. The van der Waals surface area contributed by atoms with Crippen LogP contribution in [0.5, 0.6) is 0 Å². The molecule has 11 heteroatoms. The van der Waals surface area contributed by atoms with Crippen LogP contribution < -0.4 is 43.7 Å². The number of H-pyrrole nitrogens is 1. The van der Waals surface area contributed by atoms with Crippen molar-refractivity contribution in [1.29, 1.82) is 0 Å². The molecule has 0 bridgehead atoms. The summed E-state index contributed by atoms with van der Waals surface area (Å²) in [5.41, 5.74) is 3.58. The van der Waals surface area contributed by atoms with Gasteiger partial charge in [-0.3, -0.25) is 4.40 Å². The van der Waals surface area contributed by atoms with E-state index in [2.05, 4.69) is 9.97 Å². The van der Waals surface area contributed by atoms with Crippen LogP contribution in [0.25, 0.3) is 27.8 Å². The van der Waals surface area contributed by atoms with E-state index in [4.69, 9.17) is 62.8 Å². The highest BCUT2D eigenvalue weighted by atomic mass is 15.1. The van der Waals surface area contributed by atoms with Crippen molar-refractivity contribution in [2.45, 2.75) is 0 Å². The van der Waals surface area contributed by atoms with Crippen LogP contribution in [0.2, 0.25) is 0 Å². The number of nitrogens with one attached hydrogen (secondary N) is 1. The smallest absolute Gasteiger partial charge is 0.213 e. The van der Waals surface area contributed by atoms with Crippen molar-refractivity contribution in [1.82, 2.24) is 14.4 Å². The third-order valence-corrected chi connectivity index (χ3v) is 4.35. The number of imidazole rings is 2. The van der Waals surface area contributed by atoms with Gasteiger partial charge in [0.05, 0.1) is 22.1 Å². The Morgan fingerprint density at radius 1 is 0.583 bits per heavy atom. The second-order valence-electron chi connectivity index (χ2n) is 5.63. The molecule has 2 aromatic heterocycles. The molecule has 0 spiro atoms. The van der Waals surface area contributed by atoms with Gasteiger partial charge in [-0.15, -0.1) is 21.9 Å². The summed E-state index contributed by atoms with van der Waals surface area (Å²) in [5.74, 6) is 0.409. The summed E-state index contributed by atoms with van der Waals surface area (Å²) < 4.78 is 1.66. The van der Waals surface area contributed by atoms with Crippen molar-refractivity contribution in [3.05, 3.63) is 0 Å². The SMILES string of the molecule is [B]c1c([B])c([B])c2c(nc3[nH]c4c([B])c([B])c([B])c([B])c4n32)c1[B]. The van der Waals surface area contributed by atoms with E-state index in [1.165, 1.54) is 0 Å². The summed E-state index contributed by atoms with van der Waals surface area (Å²) in [6.07, 6.45) is 0. The molecule has 0 aliphatic carbocycles. The minimum atomic E-state index is 0.172. The molecule has 4 aromatic rings. The van der Waals surface area contributed by atoms with Crippen molar-refractivity contribution in [3.8, 4) is 0 Å². The molecule has 4 rings (SSSR count). The maximum Gasteiger partial charge on any atom is 0.213 e. The third kappa shape index (κ3) is 1.71. The maximum absolute atomic E-state index is 6.15. The van der Waals surface area contributed by atoms with Gasteiger partial charge in [-0.05, 0) is 0 Å². The van der Waals surface area contributed by atoms with Crippen molar-refractivity contribution >= 4 is 134 Å². The summed E-state index contributed by atoms with van der Waals surface area (Å²) in [7, 11) is 48.0. The first-order chi connectivity index (χ1) is 11.3. The number of hydrogen-bond donors (Lipinski definition) is 1. The van der Waals surface area contributed by atoms with Gasteiger partial charge < -0.3 is 4.98 Å². The van der Waals surface area contributed by atoms with Crippen LogP contribution in [0.3, 0.4) is 0 Å². The molecule has 0 saturated carbocycles. The highest BCUT2D eigenvalue weighted by Gasteiger charge is 2.19. The van der Waals surface area contributed by atoms with Crippen molar-refractivity contribution in [2.75, 3.05) is 0 Å². The van der Waals surface area contributed by atoms with Crippen LogP contribution in [0.15, 0.2) is 0 Å². The standard InChI is InChI=1S/C13HB8N3/c14-1-3(16)7(20)11-9(5(1)18)22-13-23-10-6(19)2(15)4(17)8(21)12(10)24(11)13/h(H,22,23). The molecule has 92 valence electrons. The van der Waals surface area contributed by atoms with E-state index in [0.717, 1.165) is 0 Å². The van der Waals surface area contributed by atoms with Crippen molar-refractivity contribution < 1.29 is 0 Å². The lowest BCUT2D eigenvalue weighted by atomic mass is 9.65. The van der Waals surface area contributed by atoms with Crippen LogP contribution in [0.1, 0.15) is 0 Å². The van der Waals surface area contributed by atoms with Crippen LogP contribution >= 0.6 is 0 Å². The lowest BCUT2D eigenvalue weighted by molar-refractivity contribution is 1.28. The predicted octanol–water partition coefficient (Wildman–Crippen LogP) is -6.68. The van der Waals surface area contributed by atoms with Gasteiger partial charge in [0.1, 0.15) is 62.8 Å². The van der Waals surface area contributed by atoms with E-state index in [1.807, 2.05) is 0 Å². The summed E-state index contributed by atoms with van der Waals surface area (Å²) in [5, 5.41) is 0. The molecule has 2 heterocycles. The molecule has 0 aliphatic rings. The van der Waals surface area contributed by atoms with Crippen LogP contribution in [0.4, 0.5) is 0 Å². The van der Waals surface area contributed by atoms with Crippen LogP contribution in [-0.4, -0.2) is 77.1 Å². The highest BCUT2D eigenvalue weighted by molar-refractivity contribution is 6.67. The number of fused-ring (bicyclic) bond motifs is 5. The fourth-order valence-corrected chi connectivity index (χ4v) is 2.99. The van der Waals surface area contributed by atoms with Gasteiger partial charge in [0, 0.05) is 0 Å². The zero-order valence-electron chi connectivity index (χ0n) is 12.5. The number of benzene rings is 2. The van der Waals surface area contributed by atoms with E-state index < -0.39 is 0 Å². The first-order valence-corrected chi connectivity index (χ1v) is 6.93. The Balaban J connectivity index is 2.38. The maximum atomic E-state index is 6.15. The first-order valence-electron chi connectivity index (χ1n) is 6.93. The summed E-state index contributed by atoms with van der Waals surface area (Å²) in [6.45, 7) is 0.